The van der Waals surface area contributed by atoms with Gasteiger partial charge in [-0.3, -0.25) is 4.90 Å². The van der Waals surface area contributed by atoms with E-state index in [0.717, 1.165) is 48.4 Å². The molecule has 1 aliphatic heterocycles. The standard InChI is InChI=1S/C9H15BrN4OS/c1-15-7-6-13-2-4-14(5-3-13)9-12-11-8(10)16-9/h2-7H2,1H3. The molecule has 0 spiro atoms. The van der Waals surface area contributed by atoms with Crippen molar-refractivity contribution < 1.29 is 4.74 Å². The second-order valence-electron chi connectivity index (χ2n) is 3.66. The van der Waals surface area contributed by atoms with E-state index >= 15 is 0 Å². The predicted octanol–water partition coefficient (Wildman–Crippen LogP) is 1.07. The molecule has 0 radical (unpaired) electrons. The Bertz CT molecular complexity index is 327. The third-order valence-corrected chi connectivity index (χ3v) is 4.06. The number of aromatic nitrogens is 2. The van der Waals surface area contributed by atoms with E-state index in [1.54, 1.807) is 18.4 Å². The summed E-state index contributed by atoms with van der Waals surface area (Å²) in [5.41, 5.74) is 0. The van der Waals surface area contributed by atoms with Gasteiger partial charge in [0.25, 0.3) is 0 Å². The second kappa shape index (κ2) is 5.90. The molecule has 16 heavy (non-hydrogen) atoms. The van der Waals surface area contributed by atoms with E-state index in [0.29, 0.717) is 0 Å². The molecule has 0 atom stereocenters. The summed E-state index contributed by atoms with van der Waals surface area (Å²) >= 11 is 4.93. The molecule has 0 N–H and O–H groups in total. The predicted molar refractivity (Wildman–Crippen MR) is 68.1 cm³/mol. The van der Waals surface area contributed by atoms with E-state index in [4.69, 9.17) is 4.74 Å². The maximum Gasteiger partial charge on any atom is 0.209 e. The van der Waals surface area contributed by atoms with Crippen molar-refractivity contribution in [2.24, 2.45) is 0 Å². The number of ether oxygens (including phenoxy) is 1. The van der Waals surface area contributed by atoms with E-state index in [1.165, 1.54) is 0 Å². The summed E-state index contributed by atoms with van der Waals surface area (Å²) in [5, 5.41) is 9.11. The minimum atomic E-state index is 0.810. The molecule has 2 rings (SSSR count). The summed E-state index contributed by atoms with van der Waals surface area (Å²) in [6.45, 7) is 6.01. The van der Waals surface area contributed by atoms with Crippen molar-refractivity contribution in [3.63, 3.8) is 0 Å². The van der Waals surface area contributed by atoms with Gasteiger partial charge >= 0.3 is 0 Å². The van der Waals surface area contributed by atoms with Crippen LogP contribution in [0.2, 0.25) is 0 Å². The number of anilines is 1. The Labute approximate surface area is 108 Å². The Hall–Kier alpha value is -0.240. The first-order valence-electron chi connectivity index (χ1n) is 5.25. The van der Waals surface area contributed by atoms with Gasteiger partial charge in [-0.2, -0.15) is 0 Å². The van der Waals surface area contributed by atoms with Gasteiger partial charge < -0.3 is 9.64 Å². The molecule has 0 aromatic carbocycles. The minimum absolute atomic E-state index is 0.810. The van der Waals surface area contributed by atoms with Crippen LogP contribution >= 0.6 is 27.3 Å². The highest BCUT2D eigenvalue weighted by Gasteiger charge is 2.19. The lowest BCUT2D eigenvalue weighted by Gasteiger charge is -2.34. The maximum atomic E-state index is 5.08. The van der Waals surface area contributed by atoms with Crippen LogP contribution in [0.4, 0.5) is 5.13 Å². The zero-order valence-corrected chi connectivity index (χ0v) is 11.6. The van der Waals surface area contributed by atoms with Crippen LogP contribution in [0.25, 0.3) is 0 Å². The van der Waals surface area contributed by atoms with Gasteiger partial charge in [-0.05, 0) is 15.9 Å². The molecule has 1 fully saturated rings. The van der Waals surface area contributed by atoms with Gasteiger partial charge in [0.05, 0.1) is 6.61 Å². The fourth-order valence-corrected chi connectivity index (χ4v) is 2.85. The average Bonchev–Trinajstić information content (AvgIpc) is 2.74. The van der Waals surface area contributed by atoms with Crippen molar-refractivity contribution in [3.8, 4) is 0 Å². The number of nitrogens with zero attached hydrogens (tertiary/aromatic N) is 4. The lowest BCUT2D eigenvalue weighted by atomic mass is 10.3. The van der Waals surface area contributed by atoms with Gasteiger partial charge in [-0.15, -0.1) is 10.2 Å². The first kappa shape index (κ1) is 12.2. The zero-order chi connectivity index (χ0) is 11.4. The number of hydrogen-bond acceptors (Lipinski definition) is 6. The summed E-state index contributed by atoms with van der Waals surface area (Å²) in [5.74, 6) is 0. The zero-order valence-electron chi connectivity index (χ0n) is 9.23. The SMILES string of the molecule is COCCN1CCN(c2nnc(Br)s2)CC1. The first-order valence-corrected chi connectivity index (χ1v) is 6.86. The van der Waals surface area contributed by atoms with Crippen LogP contribution in [0.15, 0.2) is 3.92 Å². The molecule has 0 amide bonds. The van der Waals surface area contributed by atoms with Crippen molar-refractivity contribution in [1.29, 1.82) is 0 Å². The van der Waals surface area contributed by atoms with Crippen molar-refractivity contribution in [2.75, 3.05) is 51.3 Å². The smallest absolute Gasteiger partial charge is 0.209 e. The van der Waals surface area contributed by atoms with Crippen molar-refractivity contribution in [1.82, 2.24) is 15.1 Å². The molecule has 1 aromatic heterocycles. The average molecular weight is 307 g/mol. The molecule has 7 heteroatoms. The van der Waals surface area contributed by atoms with Crippen LogP contribution in [0.5, 0.6) is 0 Å². The molecule has 0 saturated carbocycles. The molecule has 5 nitrogen and oxygen atoms in total. The van der Waals surface area contributed by atoms with Gasteiger partial charge in [0.1, 0.15) is 0 Å². The normalized spacial score (nSPS) is 18.0. The Kier molecular flexibility index (Phi) is 4.51. The number of piperazine rings is 1. The molecule has 0 bridgehead atoms. The number of rotatable bonds is 4. The number of hydrogen-bond donors (Lipinski definition) is 0. The van der Waals surface area contributed by atoms with Crippen molar-refractivity contribution in [3.05, 3.63) is 3.92 Å². The number of methoxy groups -OCH3 is 1. The van der Waals surface area contributed by atoms with Crippen LogP contribution in [-0.4, -0.2) is 61.5 Å². The third kappa shape index (κ3) is 3.13. The fourth-order valence-electron chi connectivity index (χ4n) is 1.71. The fraction of sp³-hybridized carbons (Fsp3) is 0.778. The summed E-state index contributed by atoms with van der Waals surface area (Å²) in [7, 11) is 1.75. The molecular weight excluding hydrogens is 292 g/mol. The highest BCUT2D eigenvalue weighted by atomic mass is 79.9. The molecule has 1 aliphatic rings. The van der Waals surface area contributed by atoms with Gasteiger partial charge in [-0.1, -0.05) is 11.3 Å². The van der Waals surface area contributed by atoms with Crippen molar-refractivity contribution in [2.45, 2.75) is 0 Å². The van der Waals surface area contributed by atoms with E-state index < -0.39 is 0 Å². The van der Waals surface area contributed by atoms with E-state index in [9.17, 15) is 0 Å². The highest BCUT2D eigenvalue weighted by molar-refractivity contribution is 9.11. The molecular formula is C9H15BrN4OS. The summed E-state index contributed by atoms with van der Waals surface area (Å²) in [4.78, 5) is 4.70. The highest BCUT2D eigenvalue weighted by Crippen LogP contribution is 2.24. The lowest BCUT2D eigenvalue weighted by Crippen LogP contribution is -2.47. The molecule has 2 heterocycles. The summed E-state index contributed by atoms with van der Waals surface area (Å²) in [6.07, 6.45) is 0. The van der Waals surface area contributed by atoms with E-state index in [-0.39, 0.29) is 0 Å². The first-order chi connectivity index (χ1) is 7.79. The molecule has 1 aromatic rings. The summed E-state index contributed by atoms with van der Waals surface area (Å²) in [6, 6.07) is 0. The second-order valence-corrected chi connectivity index (χ2v) is 5.89. The quantitative estimate of drug-likeness (QED) is 0.832. The van der Waals surface area contributed by atoms with Gasteiger partial charge in [0.15, 0.2) is 3.92 Å². The van der Waals surface area contributed by atoms with Crippen molar-refractivity contribution >= 4 is 32.4 Å². The molecule has 0 aliphatic carbocycles. The maximum absolute atomic E-state index is 5.08. The molecule has 1 saturated heterocycles. The minimum Gasteiger partial charge on any atom is -0.383 e. The topological polar surface area (TPSA) is 41.5 Å². The van der Waals surface area contributed by atoms with Gasteiger partial charge in [0, 0.05) is 39.8 Å². The van der Waals surface area contributed by atoms with Crippen LogP contribution in [0.1, 0.15) is 0 Å². The summed E-state index contributed by atoms with van der Waals surface area (Å²) < 4.78 is 5.93. The Morgan fingerprint density at radius 3 is 2.62 bits per heavy atom. The lowest BCUT2D eigenvalue weighted by molar-refractivity contribution is 0.144. The Balaban J connectivity index is 1.81. The monoisotopic (exact) mass is 306 g/mol. The van der Waals surface area contributed by atoms with Crippen LogP contribution in [0.3, 0.4) is 0 Å². The number of halogens is 1. The van der Waals surface area contributed by atoms with Crippen LogP contribution in [-0.2, 0) is 4.74 Å². The van der Waals surface area contributed by atoms with Gasteiger partial charge in [-0.25, -0.2) is 0 Å². The van der Waals surface area contributed by atoms with Crippen LogP contribution < -0.4 is 4.90 Å². The Morgan fingerprint density at radius 2 is 2.06 bits per heavy atom. The largest absolute Gasteiger partial charge is 0.383 e. The molecule has 90 valence electrons. The third-order valence-electron chi connectivity index (χ3n) is 2.64. The van der Waals surface area contributed by atoms with E-state index in [2.05, 4.69) is 35.9 Å². The van der Waals surface area contributed by atoms with E-state index in [1.807, 2.05) is 0 Å². The van der Waals surface area contributed by atoms with Gasteiger partial charge in [0.2, 0.25) is 5.13 Å². The Morgan fingerprint density at radius 1 is 1.31 bits per heavy atom. The molecule has 0 unspecified atom stereocenters. The van der Waals surface area contributed by atoms with Crippen LogP contribution in [0, 0.1) is 0 Å².